The summed E-state index contributed by atoms with van der Waals surface area (Å²) in [5, 5.41) is 1.13. The van der Waals surface area contributed by atoms with Crippen molar-refractivity contribution in [2.75, 3.05) is 19.8 Å². The van der Waals surface area contributed by atoms with E-state index in [0.29, 0.717) is 26.4 Å². The molecule has 27 heavy (non-hydrogen) atoms. The van der Waals surface area contributed by atoms with Gasteiger partial charge in [0.25, 0.3) is 0 Å². The number of pyridine rings is 1. The fourth-order valence-electron chi connectivity index (χ4n) is 3.81. The second kappa shape index (κ2) is 7.10. The van der Waals surface area contributed by atoms with Crippen molar-refractivity contribution in [3.05, 3.63) is 72.2 Å². The summed E-state index contributed by atoms with van der Waals surface area (Å²) in [4.78, 5) is 9.41. The van der Waals surface area contributed by atoms with Crippen LogP contribution in [0.5, 0.6) is 0 Å². The van der Waals surface area contributed by atoms with Crippen LogP contribution < -0.4 is 0 Å². The highest BCUT2D eigenvalue weighted by Crippen LogP contribution is 2.29. The van der Waals surface area contributed by atoms with Gasteiger partial charge in [0.1, 0.15) is 11.3 Å². The third kappa shape index (κ3) is 3.09. The van der Waals surface area contributed by atoms with Crippen LogP contribution in [0.1, 0.15) is 17.4 Å². The minimum atomic E-state index is 0.0991. The molecule has 0 spiro atoms. The van der Waals surface area contributed by atoms with Crippen LogP contribution >= 0.6 is 0 Å². The van der Waals surface area contributed by atoms with Crippen molar-refractivity contribution >= 4 is 21.9 Å². The van der Waals surface area contributed by atoms with Gasteiger partial charge < -0.3 is 14.0 Å². The molecule has 1 aliphatic heterocycles. The lowest BCUT2D eigenvalue weighted by molar-refractivity contribution is 0.0476. The van der Waals surface area contributed by atoms with Crippen LogP contribution in [0.4, 0.5) is 0 Å². The topological polar surface area (TPSA) is 49.2 Å². The molecular formula is C22H21N3O2. The van der Waals surface area contributed by atoms with Gasteiger partial charge in [-0.3, -0.25) is 4.98 Å². The molecule has 0 radical (unpaired) electrons. The Hall–Kier alpha value is -2.76. The first-order chi connectivity index (χ1) is 13.4. The van der Waals surface area contributed by atoms with Crippen molar-refractivity contribution in [1.82, 2.24) is 14.5 Å². The van der Waals surface area contributed by atoms with E-state index in [4.69, 9.17) is 14.5 Å². The summed E-state index contributed by atoms with van der Waals surface area (Å²) in [5.74, 6) is 1.05. The highest BCUT2D eigenvalue weighted by atomic mass is 16.5. The quantitative estimate of drug-likeness (QED) is 0.554. The molecule has 1 aliphatic rings. The lowest BCUT2D eigenvalue weighted by Gasteiger charge is -2.19. The Morgan fingerprint density at radius 3 is 2.81 bits per heavy atom. The Balaban J connectivity index is 1.52. The van der Waals surface area contributed by atoms with E-state index in [1.807, 2.05) is 36.5 Å². The van der Waals surface area contributed by atoms with Crippen molar-refractivity contribution < 1.29 is 9.47 Å². The van der Waals surface area contributed by atoms with Crippen LogP contribution in [0.3, 0.4) is 0 Å². The van der Waals surface area contributed by atoms with E-state index >= 15 is 0 Å². The zero-order chi connectivity index (χ0) is 18.1. The predicted octanol–water partition coefficient (Wildman–Crippen LogP) is 3.92. The average molecular weight is 359 g/mol. The first-order valence-electron chi connectivity index (χ1n) is 9.34. The van der Waals surface area contributed by atoms with Gasteiger partial charge in [-0.15, -0.1) is 0 Å². The largest absolute Gasteiger partial charge is 0.379 e. The molecule has 0 unspecified atom stereocenters. The zero-order valence-electron chi connectivity index (χ0n) is 15.0. The summed E-state index contributed by atoms with van der Waals surface area (Å²) >= 11 is 0. The minimum absolute atomic E-state index is 0.0991. The van der Waals surface area contributed by atoms with Gasteiger partial charge in [-0.05, 0) is 11.6 Å². The van der Waals surface area contributed by atoms with Gasteiger partial charge in [-0.1, -0.05) is 48.5 Å². The number of benzene rings is 2. The molecule has 136 valence electrons. The lowest BCUT2D eigenvalue weighted by atomic mass is 10.2. The number of ether oxygens (including phenoxy) is 2. The molecule has 0 fully saturated rings. The van der Waals surface area contributed by atoms with Gasteiger partial charge in [-0.25, -0.2) is 4.98 Å². The van der Waals surface area contributed by atoms with Crippen LogP contribution in [-0.2, 0) is 22.5 Å². The smallest absolute Gasteiger partial charge is 0.112 e. The lowest BCUT2D eigenvalue weighted by Crippen LogP contribution is -2.20. The van der Waals surface area contributed by atoms with Crippen LogP contribution in [0.25, 0.3) is 21.9 Å². The first kappa shape index (κ1) is 16.4. The predicted molar refractivity (Wildman–Crippen MR) is 105 cm³/mol. The van der Waals surface area contributed by atoms with Crippen molar-refractivity contribution in [1.29, 1.82) is 0 Å². The van der Waals surface area contributed by atoms with Gasteiger partial charge in [0, 0.05) is 11.8 Å². The zero-order valence-corrected chi connectivity index (χ0v) is 15.0. The molecule has 0 saturated heterocycles. The fourth-order valence-corrected chi connectivity index (χ4v) is 3.81. The Morgan fingerprint density at radius 1 is 1.04 bits per heavy atom. The number of aromatic nitrogens is 3. The molecule has 5 nitrogen and oxygen atoms in total. The van der Waals surface area contributed by atoms with Gasteiger partial charge in [0.2, 0.25) is 0 Å². The Labute approximate surface area is 157 Å². The number of hydrogen-bond acceptors (Lipinski definition) is 4. The third-order valence-corrected chi connectivity index (χ3v) is 5.06. The number of imidazole rings is 1. The summed E-state index contributed by atoms with van der Waals surface area (Å²) in [6.07, 6.45) is 2.68. The normalized spacial score (nSPS) is 17.1. The third-order valence-electron chi connectivity index (χ3n) is 5.06. The van der Waals surface area contributed by atoms with Gasteiger partial charge in [0.05, 0.1) is 49.7 Å². The van der Waals surface area contributed by atoms with E-state index in [1.54, 1.807) is 0 Å². The Morgan fingerprint density at radius 2 is 1.89 bits per heavy atom. The highest BCUT2D eigenvalue weighted by molar-refractivity contribution is 6.02. The van der Waals surface area contributed by atoms with Crippen LogP contribution in [-0.4, -0.2) is 34.4 Å². The van der Waals surface area contributed by atoms with Crippen molar-refractivity contribution in [2.24, 2.45) is 0 Å². The van der Waals surface area contributed by atoms with E-state index < -0.39 is 0 Å². The SMILES string of the molecule is c1ccc(COC[C@H]2COCCc3nc4cnc5ccccc5c4n32)cc1. The maximum absolute atomic E-state index is 6.06. The summed E-state index contributed by atoms with van der Waals surface area (Å²) in [6.45, 7) is 2.50. The molecule has 2 aromatic heterocycles. The fraction of sp³-hybridized carbons (Fsp3) is 0.273. The maximum Gasteiger partial charge on any atom is 0.112 e. The summed E-state index contributed by atoms with van der Waals surface area (Å²) in [6, 6.07) is 18.6. The molecule has 0 amide bonds. The molecule has 1 atom stereocenters. The Bertz CT molecular complexity index is 1080. The number of fused-ring (bicyclic) bond motifs is 5. The van der Waals surface area contributed by atoms with Crippen LogP contribution in [0, 0.1) is 0 Å². The summed E-state index contributed by atoms with van der Waals surface area (Å²) in [5.41, 5.74) is 4.24. The van der Waals surface area contributed by atoms with E-state index in [-0.39, 0.29) is 6.04 Å². The second-order valence-corrected chi connectivity index (χ2v) is 6.89. The molecule has 5 heteroatoms. The standard InChI is InChI=1S/C22H21N3O2/c1-2-6-16(7-3-1)13-27-15-17-14-26-11-10-21-24-20-12-23-19-9-5-4-8-18(19)22(20)25(17)21/h1-9,12,17H,10-11,13-15H2/t17-/m1/s1. The van der Waals surface area contributed by atoms with Crippen LogP contribution in [0.15, 0.2) is 60.8 Å². The average Bonchev–Trinajstić information content (AvgIpc) is 2.98. The molecule has 3 heterocycles. The molecule has 0 N–H and O–H groups in total. The molecular weight excluding hydrogens is 338 g/mol. The van der Waals surface area contributed by atoms with Crippen LogP contribution in [0.2, 0.25) is 0 Å². The maximum atomic E-state index is 6.06. The molecule has 2 aromatic carbocycles. The number of hydrogen-bond donors (Lipinski definition) is 0. The number of nitrogens with zero attached hydrogens (tertiary/aromatic N) is 3. The Kier molecular flexibility index (Phi) is 4.32. The van der Waals surface area contributed by atoms with E-state index in [1.165, 1.54) is 5.56 Å². The first-order valence-corrected chi connectivity index (χ1v) is 9.34. The van der Waals surface area contributed by atoms with Crippen molar-refractivity contribution in [3.63, 3.8) is 0 Å². The highest BCUT2D eigenvalue weighted by Gasteiger charge is 2.24. The number of para-hydroxylation sites is 1. The van der Waals surface area contributed by atoms with Crippen molar-refractivity contribution in [2.45, 2.75) is 19.1 Å². The molecule has 4 aromatic rings. The van der Waals surface area contributed by atoms with E-state index in [0.717, 1.165) is 34.2 Å². The van der Waals surface area contributed by atoms with Gasteiger partial charge in [-0.2, -0.15) is 0 Å². The van der Waals surface area contributed by atoms with E-state index in [9.17, 15) is 0 Å². The van der Waals surface area contributed by atoms with Crippen molar-refractivity contribution in [3.8, 4) is 0 Å². The summed E-state index contributed by atoms with van der Waals surface area (Å²) in [7, 11) is 0. The molecule has 5 rings (SSSR count). The second-order valence-electron chi connectivity index (χ2n) is 6.89. The molecule has 0 saturated carbocycles. The monoisotopic (exact) mass is 359 g/mol. The number of rotatable bonds is 4. The molecule has 0 aliphatic carbocycles. The van der Waals surface area contributed by atoms with Gasteiger partial charge >= 0.3 is 0 Å². The minimum Gasteiger partial charge on any atom is -0.379 e. The van der Waals surface area contributed by atoms with E-state index in [2.05, 4.69) is 33.8 Å². The summed E-state index contributed by atoms with van der Waals surface area (Å²) < 4.78 is 14.2. The van der Waals surface area contributed by atoms with Gasteiger partial charge in [0.15, 0.2) is 0 Å². The molecule has 0 bridgehead atoms.